The van der Waals surface area contributed by atoms with Crippen LogP contribution in [0.4, 0.5) is 5.69 Å². The first-order valence-electron chi connectivity index (χ1n) is 14.6. The predicted molar refractivity (Wildman–Crippen MR) is 176 cm³/mol. The highest BCUT2D eigenvalue weighted by Crippen LogP contribution is 2.50. The molecule has 0 spiro atoms. The largest absolute Gasteiger partial charge is 0.372 e. The second kappa shape index (κ2) is 8.93. The Hall–Kier alpha value is -4.65. The predicted octanol–water partition coefficient (Wildman–Crippen LogP) is 8.17. The molecule has 0 amide bonds. The molecule has 5 nitrogen and oxygen atoms in total. The molecular weight excluding hydrogens is 547 g/mol. The molecule has 0 saturated carbocycles. The van der Waals surface area contributed by atoms with Gasteiger partial charge in [-0.3, -0.25) is 9.97 Å². The van der Waals surface area contributed by atoms with Crippen molar-refractivity contribution in [3.8, 4) is 12.1 Å². The van der Waals surface area contributed by atoms with E-state index in [0.717, 1.165) is 67.8 Å². The van der Waals surface area contributed by atoms with Gasteiger partial charge in [-0.05, 0) is 41.3 Å². The van der Waals surface area contributed by atoms with E-state index >= 15 is 0 Å². The summed E-state index contributed by atoms with van der Waals surface area (Å²) >= 11 is 1.86. The van der Waals surface area contributed by atoms with Crippen molar-refractivity contribution >= 4 is 60.8 Å². The molecule has 8 rings (SSSR count). The molecule has 1 atom stereocenters. The van der Waals surface area contributed by atoms with E-state index in [9.17, 15) is 10.5 Å². The van der Waals surface area contributed by atoms with E-state index in [2.05, 4.69) is 81.4 Å². The topological polar surface area (TPSA) is 76.6 Å². The van der Waals surface area contributed by atoms with Crippen LogP contribution in [0.3, 0.4) is 0 Å². The third-order valence-electron chi connectivity index (χ3n) is 9.58. The van der Waals surface area contributed by atoms with Crippen LogP contribution < -0.4 is 4.90 Å². The number of hydrogen-bond donors (Lipinski definition) is 0. The molecule has 0 bridgehead atoms. The molecule has 2 aliphatic rings. The van der Waals surface area contributed by atoms with E-state index in [1.54, 1.807) is 0 Å². The number of fused-ring (bicyclic) bond motifs is 10. The Morgan fingerprint density at radius 2 is 1.49 bits per heavy atom. The zero-order valence-corrected chi connectivity index (χ0v) is 25.4. The van der Waals surface area contributed by atoms with Gasteiger partial charge in [0.1, 0.15) is 0 Å². The summed E-state index contributed by atoms with van der Waals surface area (Å²) in [6.07, 6.45) is 4.87. The van der Waals surface area contributed by atoms with E-state index < -0.39 is 0 Å². The maximum absolute atomic E-state index is 10.3. The first-order valence-corrected chi connectivity index (χ1v) is 15.6. The van der Waals surface area contributed by atoms with Crippen LogP contribution in [0.25, 0.3) is 43.4 Å². The summed E-state index contributed by atoms with van der Waals surface area (Å²) in [5, 5.41) is 26.3. The molecule has 0 aliphatic carbocycles. The number of rotatable bonds is 2. The number of pyridine rings is 2. The van der Waals surface area contributed by atoms with Gasteiger partial charge in [0.15, 0.2) is 0 Å². The van der Waals surface area contributed by atoms with E-state index in [0.29, 0.717) is 11.1 Å². The summed E-state index contributed by atoms with van der Waals surface area (Å²) < 4.78 is 0. The molecule has 1 unspecified atom stereocenters. The van der Waals surface area contributed by atoms with E-state index in [-0.39, 0.29) is 10.8 Å². The van der Waals surface area contributed by atoms with Crippen molar-refractivity contribution in [3.63, 3.8) is 0 Å². The van der Waals surface area contributed by atoms with Crippen molar-refractivity contribution < 1.29 is 0 Å². The minimum Gasteiger partial charge on any atom is -0.372 e. The van der Waals surface area contributed by atoms with Crippen LogP contribution in [0.5, 0.6) is 0 Å². The molecule has 0 saturated heterocycles. The Morgan fingerprint density at radius 3 is 2.28 bits per heavy atom. The zero-order chi connectivity index (χ0) is 29.7. The van der Waals surface area contributed by atoms with Crippen molar-refractivity contribution in [2.75, 3.05) is 24.2 Å². The molecular formula is C37H29N5S. The third kappa shape index (κ3) is 3.63. The van der Waals surface area contributed by atoms with E-state index in [4.69, 9.17) is 9.97 Å². The number of likely N-dealkylation sites (N-methyl/N-ethyl adjacent to an activating group) is 1. The van der Waals surface area contributed by atoms with Gasteiger partial charge >= 0.3 is 0 Å². The number of thioether (sulfide) groups is 1. The van der Waals surface area contributed by atoms with Crippen molar-refractivity contribution in [3.05, 3.63) is 94.8 Å². The highest BCUT2D eigenvalue weighted by Gasteiger charge is 2.38. The molecule has 4 aromatic carbocycles. The van der Waals surface area contributed by atoms with Crippen LogP contribution in [0.15, 0.2) is 71.9 Å². The number of hydrogen-bond acceptors (Lipinski definition) is 6. The fraction of sp³-hybridized carbons (Fsp3) is 0.243. The van der Waals surface area contributed by atoms with Crippen molar-refractivity contribution in [1.29, 1.82) is 10.5 Å². The molecule has 2 aliphatic heterocycles. The standard InChI is InChI=1S/C37H29N5S/c1-36(2)19-42(4)31-18-41-33-26-10-9-21(11-27(26)23(16-39)12-28(33)32(31)36)14-37(3)20-43-35-29-13-22(15-38)24-7-5-6-8-25(24)34(29)40-17-30(35)37/h5-13,17-18H,14,19-20H2,1-4H3. The lowest BCUT2D eigenvalue weighted by atomic mass is 9.78. The van der Waals surface area contributed by atoms with E-state index in [1.165, 1.54) is 21.6 Å². The van der Waals surface area contributed by atoms with Gasteiger partial charge in [-0.2, -0.15) is 10.5 Å². The van der Waals surface area contributed by atoms with Gasteiger partial charge in [0, 0.05) is 73.6 Å². The number of nitriles is 2. The Labute approximate surface area is 254 Å². The summed E-state index contributed by atoms with van der Waals surface area (Å²) in [4.78, 5) is 13.4. The number of anilines is 1. The fourth-order valence-corrected chi connectivity index (χ4v) is 9.15. The summed E-state index contributed by atoms with van der Waals surface area (Å²) in [6, 6.07) is 23.6. The quantitative estimate of drug-likeness (QED) is 0.194. The third-order valence-corrected chi connectivity index (χ3v) is 11.1. The summed E-state index contributed by atoms with van der Waals surface area (Å²) in [5.74, 6) is 0.926. The fourth-order valence-electron chi connectivity index (χ4n) is 7.66. The van der Waals surface area contributed by atoms with Crippen LogP contribution >= 0.6 is 11.8 Å². The SMILES string of the molecule is CN1CC(C)(C)c2c1cnc1c2cc(C#N)c2cc(CC3(C)CSc4c3cnc3c4cc(C#N)c4ccccc43)ccc21. The molecule has 0 radical (unpaired) electrons. The second-order valence-corrected chi connectivity index (χ2v) is 14.1. The normalized spacial score (nSPS) is 18.7. The Bertz CT molecular complexity index is 2290. The maximum Gasteiger partial charge on any atom is 0.0998 e. The van der Waals surface area contributed by atoms with Crippen LogP contribution in [0, 0.1) is 22.7 Å². The number of nitrogens with zero attached hydrogens (tertiary/aromatic N) is 5. The minimum atomic E-state index is -0.134. The van der Waals surface area contributed by atoms with E-state index in [1.807, 2.05) is 42.2 Å². The first kappa shape index (κ1) is 26.0. The number of aromatic nitrogens is 2. The van der Waals surface area contributed by atoms with Crippen molar-refractivity contribution in [1.82, 2.24) is 9.97 Å². The molecule has 0 fully saturated rings. The summed E-state index contributed by atoms with van der Waals surface area (Å²) in [7, 11) is 2.11. The monoisotopic (exact) mass is 575 g/mol. The smallest absolute Gasteiger partial charge is 0.0998 e. The molecule has 43 heavy (non-hydrogen) atoms. The van der Waals surface area contributed by atoms with Gasteiger partial charge in [-0.25, -0.2) is 0 Å². The molecule has 0 N–H and O–H groups in total. The number of benzene rings is 4. The summed E-state index contributed by atoms with van der Waals surface area (Å²) in [5.41, 5.74) is 8.00. The van der Waals surface area contributed by atoms with Gasteiger partial charge < -0.3 is 4.90 Å². The molecule has 208 valence electrons. The van der Waals surface area contributed by atoms with Crippen LogP contribution in [-0.4, -0.2) is 29.3 Å². The highest BCUT2D eigenvalue weighted by molar-refractivity contribution is 8.00. The Kier molecular flexibility index (Phi) is 5.40. The Morgan fingerprint density at radius 1 is 0.814 bits per heavy atom. The average molecular weight is 576 g/mol. The Balaban J connectivity index is 1.25. The minimum absolute atomic E-state index is 0.0216. The van der Waals surface area contributed by atoms with Crippen LogP contribution in [-0.2, 0) is 17.3 Å². The molecule has 6 aromatic rings. The molecule has 4 heterocycles. The lowest BCUT2D eigenvalue weighted by Crippen LogP contribution is -2.25. The maximum atomic E-state index is 10.3. The summed E-state index contributed by atoms with van der Waals surface area (Å²) in [6.45, 7) is 7.78. The highest BCUT2D eigenvalue weighted by atomic mass is 32.2. The lowest BCUT2D eigenvalue weighted by molar-refractivity contribution is 0.534. The van der Waals surface area contributed by atoms with Gasteiger partial charge in [0.2, 0.25) is 0 Å². The molecule has 2 aromatic heterocycles. The second-order valence-electron chi connectivity index (χ2n) is 13.1. The van der Waals surface area contributed by atoms with Gasteiger partial charge in [-0.1, -0.05) is 57.2 Å². The van der Waals surface area contributed by atoms with Crippen LogP contribution in [0.2, 0.25) is 0 Å². The lowest BCUT2D eigenvalue weighted by Gasteiger charge is -2.25. The molecule has 6 heteroatoms. The zero-order valence-electron chi connectivity index (χ0n) is 24.6. The first-order chi connectivity index (χ1) is 20.7. The van der Waals surface area contributed by atoms with Gasteiger partial charge in [0.05, 0.1) is 46.2 Å². The van der Waals surface area contributed by atoms with Gasteiger partial charge in [-0.15, -0.1) is 11.8 Å². The van der Waals surface area contributed by atoms with Gasteiger partial charge in [0.25, 0.3) is 0 Å². The van der Waals surface area contributed by atoms with Crippen molar-refractivity contribution in [2.45, 2.75) is 42.9 Å². The van der Waals surface area contributed by atoms with Crippen molar-refractivity contribution in [2.24, 2.45) is 0 Å². The average Bonchev–Trinajstić information content (AvgIpc) is 3.47. The van der Waals surface area contributed by atoms with Crippen LogP contribution in [0.1, 0.15) is 48.6 Å².